The van der Waals surface area contributed by atoms with E-state index in [0.717, 1.165) is 0 Å². The Hall–Kier alpha value is -1.94. The average molecular weight is 325 g/mol. The topological polar surface area (TPSA) is 76.0 Å². The molecule has 5 nitrogen and oxygen atoms in total. The van der Waals surface area contributed by atoms with Crippen molar-refractivity contribution in [3.63, 3.8) is 0 Å². The van der Waals surface area contributed by atoms with Gasteiger partial charge in [-0.2, -0.15) is 0 Å². The maximum absolute atomic E-state index is 10.3. The van der Waals surface area contributed by atoms with Gasteiger partial charge < -0.3 is 10.2 Å². The molecule has 0 saturated heterocycles. The van der Waals surface area contributed by atoms with Gasteiger partial charge in [-0.1, -0.05) is 36.4 Å². The summed E-state index contributed by atoms with van der Waals surface area (Å²) in [6.07, 6.45) is 0. The molecule has 0 heterocycles. The van der Waals surface area contributed by atoms with Crippen LogP contribution in [0.2, 0.25) is 0 Å². The van der Waals surface area contributed by atoms with Gasteiger partial charge >= 0.3 is 8.25 Å². The van der Waals surface area contributed by atoms with Crippen molar-refractivity contribution in [1.82, 2.24) is 0 Å². The third kappa shape index (κ3) is 13.1. The minimum atomic E-state index is -1.83. The first-order valence-corrected chi connectivity index (χ1v) is 7.90. The van der Waals surface area contributed by atoms with Crippen molar-refractivity contribution < 1.29 is 23.8 Å². The summed E-state index contributed by atoms with van der Waals surface area (Å²) >= 11 is 0. The van der Waals surface area contributed by atoms with Gasteiger partial charge in [-0.15, -0.1) is 9.05 Å². The molecule has 2 aromatic rings. The van der Waals surface area contributed by atoms with Crippen molar-refractivity contribution in [2.45, 2.75) is 13.8 Å². The molecule has 0 unspecified atom stereocenters. The van der Waals surface area contributed by atoms with E-state index in [0.29, 0.717) is 24.7 Å². The van der Waals surface area contributed by atoms with Gasteiger partial charge in [-0.3, -0.25) is 0 Å². The van der Waals surface area contributed by atoms with Crippen LogP contribution in [-0.2, 0) is 13.6 Å². The number of rotatable bonds is 4. The molecule has 6 heteroatoms. The molecule has 2 rings (SSSR count). The molecule has 120 valence electrons. The summed E-state index contributed by atoms with van der Waals surface area (Å²) in [6.45, 7) is 4.42. The van der Waals surface area contributed by atoms with Crippen molar-refractivity contribution in [3.05, 3.63) is 60.7 Å². The lowest BCUT2D eigenvalue weighted by molar-refractivity contribution is 0.243. The smallest absolute Gasteiger partial charge is 0.508 e. The molecule has 0 aliphatic carbocycles. The van der Waals surface area contributed by atoms with Crippen LogP contribution in [0, 0.1) is 0 Å². The monoisotopic (exact) mass is 325 g/mol. The molecular weight excluding hydrogens is 303 g/mol. The third-order valence-electron chi connectivity index (χ3n) is 1.98. The van der Waals surface area contributed by atoms with Gasteiger partial charge in [0.1, 0.15) is 24.7 Å². The fraction of sp³-hybridized carbons (Fsp3) is 0.250. The van der Waals surface area contributed by atoms with Crippen LogP contribution >= 0.6 is 8.25 Å². The van der Waals surface area contributed by atoms with Crippen LogP contribution in [0.4, 0.5) is 0 Å². The number of para-hydroxylation sites is 2. The van der Waals surface area contributed by atoms with Gasteiger partial charge in [-0.25, -0.2) is 0 Å². The highest BCUT2D eigenvalue weighted by Gasteiger charge is 2.15. The van der Waals surface area contributed by atoms with E-state index in [1.54, 1.807) is 62.4 Å². The first kappa shape index (κ1) is 20.1. The molecule has 2 aromatic carbocycles. The molecular formula is C16H22O5P+. The van der Waals surface area contributed by atoms with Crippen LogP contribution in [0.1, 0.15) is 13.8 Å². The van der Waals surface area contributed by atoms with Gasteiger partial charge in [0.05, 0.1) is 0 Å². The molecule has 0 aliphatic rings. The Morgan fingerprint density at radius 1 is 0.773 bits per heavy atom. The van der Waals surface area contributed by atoms with Gasteiger partial charge in [0.15, 0.2) is 0 Å². The maximum Gasteiger partial charge on any atom is 0.697 e. The van der Waals surface area contributed by atoms with Gasteiger partial charge in [0.25, 0.3) is 0 Å². The molecule has 2 N–H and O–H groups in total. The molecule has 0 fully saturated rings. The Labute approximate surface area is 132 Å². The predicted molar refractivity (Wildman–Crippen MR) is 87.1 cm³/mol. The summed E-state index contributed by atoms with van der Waals surface area (Å²) < 4.78 is 19.5. The highest BCUT2D eigenvalue weighted by atomic mass is 31.1. The standard InChI is InChI=1S/2C6H6O.C4H10O3P/c2*7-6-4-2-1-3-5-6;1-3-6-8(5)7-4-2/h2*1-5,7H;3-4H2,1-2H3/q;;+1. The number of hydrogen-bond acceptors (Lipinski definition) is 5. The zero-order valence-electron chi connectivity index (χ0n) is 12.8. The number of aromatic hydroxyl groups is 2. The van der Waals surface area contributed by atoms with E-state index >= 15 is 0 Å². The average Bonchev–Trinajstić information content (AvgIpc) is 2.51. The number of benzene rings is 2. The minimum absolute atomic E-state index is 0.322. The highest BCUT2D eigenvalue weighted by molar-refractivity contribution is 7.33. The molecule has 0 saturated carbocycles. The van der Waals surface area contributed by atoms with Gasteiger partial charge in [0, 0.05) is 4.57 Å². The summed E-state index contributed by atoms with van der Waals surface area (Å²) in [5.74, 6) is 0.644. The second-order valence-corrected chi connectivity index (χ2v) is 4.69. The Kier molecular flexibility index (Phi) is 12.8. The van der Waals surface area contributed by atoms with Crippen molar-refractivity contribution in [2.24, 2.45) is 0 Å². The van der Waals surface area contributed by atoms with Gasteiger partial charge in [-0.05, 0) is 38.1 Å². The molecule has 0 aromatic heterocycles. The van der Waals surface area contributed by atoms with Crippen molar-refractivity contribution in [1.29, 1.82) is 0 Å². The molecule has 0 bridgehead atoms. The first-order valence-electron chi connectivity index (χ1n) is 6.81. The quantitative estimate of drug-likeness (QED) is 0.809. The highest BCUT2D eigenvalue weighted by Crippen LogP contribution is 2.21. The largest absolute Gasteiger partial charge is 0.697 e. The molecule has 0 aliphatic heterocycles. The Bertz CT molecular complexity index is 445. The predicted octanol–water partition coefficient (Wildman–Crippen LogP) is 4.50. The lowest BCUT2D eigenvalue weighted by Crippen LogP contribution is -1.81. The van der Waals surface area contributed by atoms with E-state index in [1.165, 1.54) is 0 Å². The van der Waals surface area contributed by atoms with Crippen LogP contribution in [0.5, 0.6) is 11.5 Å². The second-order valence-electron chi connectivity index (χ2n) is 3.73. The van der Waals surface area contributed by atoms with E-state index in [4.69, 9.17) is 10.2 Å². The van der Waals surface area contributed by atoms with Crippen LogP contribution in [0.15, 0.2) is 60.7 Å². The summed E-state index contributed by atoms with van der Waals surface area (Å²) in [7, 11) is -1.83. The molecule has 0 radical (unpaired) electrons. The van der Waals surface area contributed by atoms with Crippen molar-refractivity contribution >= 4 is 8.25 Å². The molecule has 22 heavy (non-hydrogen) atoms. The number of phenols is 2. The van der Waals surface area contributed by atoms with Crippen molar-refractivity contribution in [2.75, 3.05) is 13.2 Å². The Morgan fingerprint density at radius 2 is 1.09 bits per heavy atom. The number of phenolic OH excluding ortho intramolecular Hbond substituents is 2. The van der Waals surface area contributed by atoms with Crippen LogP contribution in [0.3, 0.4) is 0 Å². The van der Waals surface area contributed by atoms with E-state index < -0.39 is 8.25 Å². The van der Waals surface area contributed by atoms with Crippen LogP contribution in [0.25, 0.3) is 0 Å². The van der Waals surface area contributed by atoms with E-state index in [-0.39, 0.29) is 0 Å². The maximum atomic E-state index is 10.3. The Balaban J connectivity index is 0.000000301. The third-order valence-corrected chi connectivity index (χ3v) is 2.92. The molecule has 0 amide bonds. The zero-order valence-corrected chi connectivity index (χ0v) is 13.6. The summed E-state index contributed by atoms with van der Waals surface area (Å²) in [4.78, 5) is 0. The molecule has 0 atom stereocenters. The minimum Gasteiger partial charge on any atom is -0.508 e. The zero-order chi connectivity index (χ0) is 16.6. The second kappa shape index (κ2) is 14.0. The van der Waals surface area contributed by atoms with Crippen LogP contribution in [-0.4, -0.2) is 23.4 Å². The van der Waals surface area contributed by atoms with Crippen LogP contribution < -0.4 is 0 Å². The fourth-order valence-electron chi connectivity index (χ4n) is 1.10. The summed E-state index contributed by atoms with van der Waals surface area (Å²) in [5.41, 5.74) is 0. The lowest BCUT2D eigenvalue weighted by atomic mass is 10.3. The van der Waals surface area contributed by atoms with E-state index in [9.17, 15) is 4.57 Å². The van der Waals surface area contributed by atoms with E-state index in [2.05, 4.69) is 9.05 Å². The fourth-order valence-corrected chi connectivity index (χ4v) is 1.60. The Morgan fingerprint density at radius 3 is 1.27 bits per heavy atom. The van der Waals surface area contributed by atoms with Crippen molar-refractivity contribution in [3.8, 4) is 11.5 Å². The first-order chi connectivity index (χ1) is 10.6. The normalized spacial score (nSPS) is 8.82. The summed E-state index contributed by atoms with van der Waals surface area (Å²) in [6, 6.07) is 17.4. The number of hydrogen-bond donors (Lipinski definition) is 2. The SMILES string of the molecule is CCO[P+](=O)OCC.Oc1ccccc1.Oc1ccccc1. The molecule has 0 spiro atoms. The van der Waals surface area contributed by atoms with E-state index in [1.807, 2.05) is 12.1 Å². The lowest BCUT2D eigenvalue weighted by Gasteiger charge is -1.82. The summed E-state index contributed by atoms with van der Waals surface area (Å²) in [5, 5.41) is 17.3. The van der Waals surface area contributed by atoms with Gasteiger partial charge in [0.2, 0.25) is 0 Å².